The van der Waals surface area contributed by atoms with Crippen molar-refractivity contribution in [1.29, 1.82) is 0 Å². The van der Waals surface area contributed by atoms with Crippen LogP contribution in [0.15, 0.2) is 103 Å². The first-order chi connectivity index (χ1) is 17.8. The molecule has 9 nitrogen and oxygen atoms in total. The van der Waals surface area contributed by atoms with Crippen LogP contribution in [0, 0.1) is 0 Å². The van der Waals surface area contributed by atoms with Gasteiger partial charge in [0.1, 0.15) is 11.4 Å². The zero-order chi connectivity index (χ0) is 26.0. The van der Waals surface area contributed by atoms with Crippen LogP contribution in [0.4, 0.5) is 5.69 Å². The van der Waals surface area contributed by atoms with Crippen molar-refractivity contribution < 1.29 is 13.2 Å². The summed E-state index contributed by atoms with van der Waals surface area (Å²) < 4.78 is 34.6. The van der Waals surface area contributed by atoms with Crippen molar-refractivity contribution >= 4 is 27.3 Å². The number of aromatic nitrogens is 4. The van der Waals surface area contributed by atoms with Gasteiger partial charge in [-0.3, -0.25) is 9.52 Å². The molecule has 186 valence electrons. The summed E-state index contributed by atoms with van der Waals surface area (Å²) in [6, 6.07) is 20.9. The van der Waals surface area contributed by atoms with Gasteiger partial charge in [-0.1, -0.05) is 35.9 Å². The maximum atomic E-state index is 13.5. The number of imidazole rings is 1. The minimum absolute atomic E-state index is 0.0649. The average Bonchev–Trinajstić information content (AvgIpc) is 3.40. The average molecular weight is 534 g/mol. The van der Waals surface area contributed by atoms with Crippen LogP contribution in [0.25, 0.3) is 22.5 Å². The van der Waals surface area contributed by atoms with Crippen LogP contribution in [0.3, 0.4) is 0 Å². The van der Waals surface area contributed by atoms with Gasteiger partial charge in [0, 0.05) is 23.1 Å². The number of sulfonamides is 1. The largest absolute Gasteiger partial charge is 0.449 e. The Kier molecular flexibility index (Phi) is 6.51. The number of anilines is 1. The lowest BCUT2D eigenvalue weighted by Gasteiger charge is -2.14. The first kappa shape index (κ1) is 24.3. The minimum atomic E-state index is -3.39. The van der Waals surface area contributed by atoms with E-state index in [9.17, 15) is 13.2 Å². The van der Waals surface area contributed by atoms with Crippen LogP contribution < -0.4 is 15.0 Å². The van der Waals surface area contributed by atoms with Gasteiger partial charge in [-0.2, -0.15) is 9.78 Å². The summed E-state index contributed by atoms with van der Waals surface area (Å²) in [4.78, 5) is 17.5. The summed E-state index contributed by atoms with van der Waals surface area (Å²) in [7, 11) is -3.39. The summed E-state index contributed by atoms with van der Waals surface area (Å²) in [6.07, 6.45) is 7.47. The molecule has 0 atom stereocenters. The van der Waals surface area contributed by atoms with Crippen LogP contribution in [0.5, 0.6) is 11.5 Å². The Morgan fingerprint density at radius 3 is 2.41 bits per heavy atom. The van der Waals surface area contributed by atoms with Gasteiger partial charge in [0.15, 0.2) is 0 Å². The van der Waals surface area contributed by atoms with Gasteiger partial charge >= 0.3 is 5.56 Å². The minimum Gasteiger partial charge on any atom is -0.449 e. The number of hydrogen-bond donors (Lipinski definition) is 1. The van der Waals surface area contributed by atoms with Crippen molar-refractivity contribution in [2.45, 2.75) is 0 Å². The van der Waals surface area contributed by atoms with Gasteiger partial charge in [0.2, 0.25) is 15.8 Å². The monoisotopic (exact) mass is 533 g/mol. The molecule has 0 aliphatic heterocycles. The predicted octanol–water partition coefficient (Wildman–Crippen LogP) is 4.90. The lowest BCUT2D eigenvalue weighted by atomic mass is 10.1. The molecule has 2 aromatic heterocycles. The second-order valence-electron chi connectivity index (χ2n) is 8.10. The Morgan fingerprint density at radius 1 is 0.973 bits per heavy atom. The van der Waals surface area contributed by atoms with E-state index in [1.165, 1.54) is 10.9 Å². The van der Waals surface area contributed by atoms with E-state index in [1.54, 1.807) is 77.9 Å². The van der Waals surface area contributed by atoms with Crippen LogP contribution >= 0.6 is 11.6 Å². The van der Waals surface area contributed by atoms with E-state index in [2.05, 4.69) is 14.8 Å². The fraction of sp³-hybridized carbons (Fsp3) is 0.0385. The number of rotatable bonds is 7. The van der Waals surface area contributed by atoms with Crippen LogP contribution in [0.1, 0.15) is 0 Å². The summed E-state index contributed by atoms with van der Waals surface area (Å²) >= 11 is 5.99. The van der Waals surface area contributed by atoms with E-state index >= 15 is 0 Å². The summed E-state index contributed by atoms with van der Waals surface area (Å²) in [5, 5.41) is 4.85. The molecule has 0 bridgehead atoms. The van der Waals surface area contributed by atoms with Crippen LogP contribution in [-0.4, -0.2) is 34.0 Å². The molecular weight excluding hydrogens is 514 g/mol. The fourth-order valence-corrected chi connectivity index (χ4v) is 4.37. The number of halogens is 1. The molecule has 0 unspecified atom stereocenters. The maximum absolute atomic E-state index is 13.5. The van der Waals surface area contributed by atoms with Crippen LogP contribution in [0.2, 0.25) is 5.02 Å². The second kappa shape index (κ2) is 9.92. The van der Waals surface area contributed by atoms with Gasteiger partial charge in [0.25, 0.3) is 0 Å². The number of benzene rings is 3. The summed E-state index contributed by atoms with van der Waals surface area (Å²) in [5.74, 6) is 0.497. The molecule has 0 aliphatic carbocycles. The molecule has 0 saturated carbocycles. The molecule has 1 N–H and O–H groups in total. The molecule has 0 radical (unpaired) electrons. The Labute approximate surface area is 217 Å². The Bertz CT molecular complexity index is 1720. The topological polar surface area (TPSA) is 108 Å². The molecule has 0 amide bonds. The highest BCUT2D eigenvalue weighted by atomic mass is 35.5. The molecule has 2 heterocycles. The summed E-state index contributed by atoms with van der Waals surface area (Å²) in [5.41, 5.74) is 2.62. The number of hydrogen-bond acceptors (Lipinski definition) is 6. The molecule has 37 heavy (non-hydrogen) atoms. The van der Waals surface area contributed by atoms with E-state index in [1.807, 2.05) is 18.2 Å². The second-order valence-corrected chi connectivity index (χ2v) is 10.3. The third-order valence-corrected chi connectivity index (χ3v) is 6.20. The van der Waals surface area contributed by atoms with E-state index in [0.29, 0.717) is 27.8 Å². The Hall–Kier alpha value is -4.41. The van der Waals surface area contributed by atoms with Crippen molar-refractivity contribution in [3.05, 3.63) is 113 Å². The molecule has 0 spiro atoms. The molecule has 5 rings (SSSR count). The highest BCUT2D eigenvalue weighted by Crippen LogP contribution is 2.29. The van der Waals surface area contributed by atoms with Crippen molar-refractivity contribution in [3.8, 4) is 34.0 Å². The number of nitrogens with one attached hydrogen (secondary N) is 1. The van der Waals surface area contributed by atoms with Crippen molar-refractivity contribution in [1.82, 2.24) is 19.3 Å². The smallest absolute Gasteiger partial charge is 0.316 e. The van der Waals surface area contributed by atoms with Gasteiger partial charge in [-0.25, -0.2) is 13.4 Å². The first-order valence-electron chi connectivity index (χ1n) is 11.0. The van der Waals surface area contributed by atoms with Gasteiger partial charge in [0.05, 0.1) is 24.5 Å². The van der Waals surface area contributed by atoms with Gasteiger partial charge in [-0.15, -0.1) is 0 Å². The normalized spacial score (nSPS) is 11.3. The lowest BCUT2D eigenvalue weighted by molar-refractivity contribution is 0.464. The third kappa shape index (κ3) is 5.55. The quantitative estimate of drug-likeness (QED) is 0.319. The van der Waals surface area contributed by atoms with E-state index in [0.717, 1.165) is 17.4 Å². The van der Waals surface area contributed by atoms with E-state index in [-0.39, 0.29) is 5.75 Å². The van der Waals surface area contributed by atoms with Gasteiger partial charge < -0.3 is 9.30 Å². The third-order valence-electron chi connectivity index (χ3n) is 5.34. The fourth-order valence-electron chi connectivity index (χ4n) is 3.69. The molecule has 0 saturated heterocycles. The zero-order valence-electron chi connectivity index (χ0n) is 19.4. The lowest BCUT2D eigenvalue weighted by Crippen LogP contribution is -2.23. The Balaban J connectivity index is 1.49. The number of ether oxygens (including phenoxy) is 1. The maximum Gasteiger partial charge on any atom is 0.316 e. The molecule has 5 aromatic rings. The van der Waals surface area contributed by atoms with Crippen molar-refractivity contribution in [2.24, 2.45) is 0 Å². The molecule has 3 aromatic carbocycles. The molecule has 0 aliphatic rings. The predicted molar refractivity (Wildman–Crippen MR) is 142 cm³/mol. The van der Waals surface area contributed by atoms with Gasteiger partial charge in [-0.05, 0) is 59.7 Å². The Morgan fingerprint density at radius 2 is 1.73 bits per heavy atom. The highest BCUT2D eigenvalue weighted by molar-refractivity contribution is 7.92. The SMILES string of the molecule is CS(=O)(=O)Nc1cccc(-c2ccc(Oc3c(-n4ccnc4)cnn(-c4ccc(Cl)cc4)c3=O)cc2)c1. The number of nitrogens with zero attached hydrogens (tertiary/aromatic N) is 4. The molecule has 0 fully saturated rings. The molecular formula is C26H20ClN5O4S. The highest BCUT2D eigenvalue weighted by Gasteiger charge is 2.17. The zero-order valence-corrected chi connectivity index (χ0v) is 21.0. The van der Waals surface area contributed by atoms with E-state index < -0.39 is 15.6 Å². The standard InChI is InChI=1S/C26H20ClN5O4S/c1-37(34,35)30-21-4-2-3-19(15-21)18-5-11-23(12-6-18)36-25-24(31-14-13-28-17-31)16-29-32(26(25)33)22-9-7-20(27)8-10-22/h2-17,30H,1H3. The van der Waals surface area contributed by atoms with Crippen molar-refractivity contribution in [3.63, 3.8) is 0 Å². The molecule has 11 heteroatoms. The summed E-state index contributed by atoms with van der Waals surface area (Å²) in [6.45, 7) is 0. The van der Waals surface area contributed by atoms with Crippen molar-refractivity contribution in [2.75, 3.05) is 11.0 Å². The van der Waals surface area contributed by atoms with Crippen LogP contribution in [-0.2, 0) is 10.0 Å². The van der Waals surface area contributed by atoms with E-state index in [4.69, 9.17) is 16.3 Å². The first-order valence-corrected chi connectivity index (χ1v) is 13.3.